The van der Waals surface area contributed by atoms with Crippen LogP contribution in [-0.2, 0) is 28.5 Å². The van der Waals surface area contributed by atoms with Crippen molar-refractivity contribution in [1.29, 1.82) is 0 Å². The molecule has 0 radical (unpaired) electrons. The average molecular weight is 785 g/mol. The predicted molar refractivity (Wildman–Crippen MR) is 220 cm³/mol. The van der Waals surface area contributed by atoms with E-state index in [4.69, 9.17) is 18.9 Å². The number of aliphatic hydroxyl groups excluding tert-OH is 4. The fourth-order valence-electron chi connectivity index (χ4n) is 7.01. The van der Waals surface area contributed by atoms with Crippen molar-refractivity contribution < 1.29 is 49.0 Å². The van der Waals surface area contributed by atoms with Gasteiger partial charge in [-0.3, -0.25) is 9.59 Å². The average Bonchev–Trinajstić information content (AvgIpc) is 3.18. The Morgan fingerprint density at radius 1 is 0.545 bits per heavy atom. The van der Waals surface area contributed by atoms with E-state index in [1.165, 1.54) is 122 Å². The molecule has 2 unspecified atom stereocenters. The number of hydrogen-bond donors (Lipinski definition) is 4. The van der Waals surface area contributed by atoms with Crippen LogP contribution in [0.5, 0.6) is 0 Å². The molecule has 0 aromatic rings. The minimum Gasteiger partial charge on any atom is -0.462 e. The second-order valence-corrected chi connectivity index (χ2v) is 15.9. The van der Waals surface area contributed by atoms with E-state index in [2.05, 4.69) is 26.0 Å². The van der Waals surface area contributed by atoms with Crippen LogP contribution in [0.25, 0.3) is 0 Å². The lowest BCUT2D eigenvalue weighted by Crippen LogP contribution is -2.59. The lowest BCUT2D eigenvalue weighted by molar-refractivity contribution is -0.305. The minimum absolute atomic E-state index is 0.215. The zero-order valence-electron chi connectivity index (χ0n) is 35.2. The third kappa shape index (κ3) is 28.5. The Kier molecular flexibility index (Phi) is 34.4. The second-order valence-electron chi connectivity index (χ2n) is 15.9. The highest BCUT2D eigenvalue weighted by atomic mass is 16.7. The van der Waals surface area contributed by atoms with Crippen molar-refractivity contribution >= 4 is 11.9 Å². The van der Waals surface area contributed by atoms with Crippen molar-refractivity contribution in [1.82, 2.24) is 0 Å². The molecule has 0 amide bonds. The number of carbonyl (C=O) groups is 2. The Balaban J connectivity index is 2.32. The first-order valence-electron chi connectivity index (χ1n) is 22.8. The highest BCUT2D eigenvalue weighted by Gasteiger charge is 2.44. The van der Waals surface area contributed by atoms with Crippen LogP contribution in [0.4, 0.5) is 0 Å². The molecule has 1 fully saturated rings. The number of unbranched alkanes of at least 4 members (excludes halogenated alkanes) is 25. The monoisotopic (exact) mass is 785 g/mol. The van der Waals surface area contributed by atoms with Crippen LogP contribution in [0.1, 0.15) is 206 Å². The number of aliphatic hydroxyl groups is 4. The van der Waals surface area contributed by atoms with E-state index < -0.39 is 49.4 Å². The zero-order chi connectivity index (χ0) is 40.2. The van der Waals surface area contributed by atoms with Crippen molar-refractivity contribution in [3.8, 4) is 0 Å². The molecule has 4 N–H and O–H groups in total. The smallest absolute Gasteiger partial charge is 0.306 e. The second kappa shape index (κ2) is 36.8. The van der Waals surface area contributed by atoms with Gasteiger partial charge in [-0.15, -0.1) is 0 Å². The first-order chi connectivity index (χ1) is 26.8. The summed E-state index contributed by atoms with van der Waals surface area (Å²) in [5, 5.41) is 40.1. The quantitative estimate of drug-likeness (QED) is 0.0271. The molecule has 0 aromatic carbocycles. The van der Waals surface area contributed by atoms with Gasteiger partial charge in [0.25, 0.3) is 0 Å². The molecule has 0 spiro atoms. The van der Waals surface area contributed by atoms with E-state index in [0.29, 0.717) is 6.42 Å². The molecule has 1 aliphatic heterocycles. The van der Waals surface area contributed by atoms with E-state index in [9.17, 15) is 30.0 Å². The fraction of sp³-hybridized carbons (Fsp3) is 0.911. The Bertz CT molecular complexity index is 912. The van der Waals surface area contributed by atoms with Gasteiger partial charge in [0.1, 0.15) is 31.0 Å². The molecule has 1 heterocycles. The maximum absolute atomic E-state index is 12.8. The number of carbonyl (C=O) groups excluding carboxylic acids is 2. The number of allylic oxidation sites excluding steroid dienone is 2. The summed E-state index contributed by atoms with van der Waals surface area (Å²) in [7, 11) is 0. The van der Waals surface area contributed by atoms with Gasteiger partial charge in [0, 0.05) is 12.8 Å². The van der Waals surface area contributed by atoms with Gasteiger partial charge in [-0.2, -0.15) is 0 Å². The van der Waals surface area contributed by atoms with Gasteiger partial charge < -0.3 is 39.4 Å². The largest absolute Gasteiger partial charge is 0.462 e. The lowest BCUT2D eigenvalue weighted by atomic mass is 9.99. The summed E-state index contributed by atoms with van der Waals surface area (Å²) in [6.45, 7) is 3.43. The number of hydrogen-bond acceptors (Lipinski definition) is 10. The molecule has 55 heavy (non-hydrogen) atoms. The highest BCUT2D eigenvalue weighted by molar-refractivity contribution is 5.70. The first kappa shape index (κ1) is 51.5. The van der Waals surface area contributed by atoms with Crippen molar-refractivity contribution in [3.05, 3.63) is 12.2 Å². The molecule has 0 bridgehead atoms. The Morgan fingerprint density at radius 2 is 0.964 bits per heavy atom. The third-order valence-corrected chi connectivity index (χ3v) is 10.7. The minimum atomic E-state index is -1.59. The Hall–Kier alpha value is -1.56. The standard InChI is InChI=1S/C45H84O10/c1-3-5-7-9-11-13-15-17-19-21-23-25-27-29-31-33-40(47)52-36-38(37-53-45-44(51)43(50)42(49)39(35-46)55-45)54-41(48)34-32-30-28-26-24-22-20-18-16-14-12-10-8-6-4-2/h18,20,38-39,42-46,49-51H,3-17,19,21-37H2,1-2H3/b20-18+/t38-,39-,42+,43?,44?,45-/m0/s1. The van der Waals surface area contributed by atoms with Crippen LogP contribution in [0.15, 0.2) is 12.2 Å². The highest BCUT2D eigenvalue weighted by Crippen LogP contribution is 2.23. The predicted octanol–water partition coefficient (Wildman–Crippen LogP) is 9.56. The molecule has 1 rings (SSSR count). The summed E-state index contributed by atoms with van der Waals surface area (Å²) in [6.07, 6.45) is 30.7. The van der Waals surface area contributed by atoms with Crippen LogP contribution in [0.2, 0.25) is 0 Å². The van der Waals surface area contributed by atoms with E-state index >= 15 is 0 Å². The molecule has 6 atom stereocenters. The summed E-state index contributed by atoms with van der Waals surface area (Å²) < 4.78 is 22.2. The van der Waals surface area contributed by atoms with Crippen LogP contribution in [-0.4, -0.2) is 89.0 Å². The van der Waals surface area contributed by atoms with E-state index in [1.807, 2.05) is 0 Å². The van der Waals surface area contributed by atoms with Crippen LogP contribution < -0.4 is 0 Å². The Labute approximate surface area is 335 Å². The summed E-state index contributed by atoms with van der Waals surface area (Å²) in [6, 6.07) is 0. The number of ether oxygens (including phenoxy) is 4. The Morgan fingerprint density at radius 3 is 1.42 bits per heavy atom. The van der Waals surface area contributed by atoms with Gasteiger partial charge in [-0.25, -0.2) is 0 Å². The topological polar surface area (TPSA) is 152 Å². The number of esters is 2. The molecule has 0 aliphatic carbocycles. The maximum Gasteiger partial charge on any atom is 0.306 e. The zero-order valence-corrected chi connectivity index (χ0v) is 35.2. The molecule has 10 heteroatoms. The summed E-state index contributed by atoms with van der Waals surface area (Å²) in [5.41, 5.74) is 0. The van der Waals surface area contributed by atoms with Crippen LogP contribution in [0, 0.1) is 0 Å². The van der Waals surface area contributed by atoms with Gasteiger partial charge in [-0.05, 0) is 38.5 Å². The van der Waals surface area contributed by atoms with Gasteiger partial charge in [0.05, 0.1) is 13.2 Å². The lowest BCUT2D eigenvalue weighted by Gasteiger charge is -2.39. The van der Waals surface area contributed by atoms with Crippen molar-refractivity contribution in [3.63, 3.8) is 0 Å². The summed E-state index contributed by atoms with van der Waals surface area (Å²) in [5.74, 6) is -0.806. The van der Waals surface area contributed by atoms with Crippen molar-refractivity contribution in [2.24, 2.45) is 0 Å². The molecule has 1 aliphatic rings. The molecule has 1 saturated heterocycles. The van der Waals surface area contributed by atoms with Gasteiger partial charge in [0.15, 0.2) is 12.4 Å². The molecular formula is C45H84O10. The van der Waals surface area contributed by atoms with Gasteiger partial charge in [0.2, 0.25) is 0 Å². The molecule has 0 aromatic heterocycles. The van der Waals surface area contributed by atoms with Crippen molar-refractivity contribution in [2.75, 3.05) is 19.8 Å². The van der Waals surface area contributed by atoms with Crippen LogP contribution in [0.3, 0.4) is 0 Å². The van der Waals surface area contributed by atoms with E-state index in [0.717, 1.165) is 51.4 Å². The molecule has 0 saturated carbocycles. The van der Waals surface area contributed by atoms with Crippen LogP contribution >= 0.6 is 0 Å². The SMILES string of the molecule is CCCCCCCC/C=C/CCCCCCCC(=O)O[C@@H](COC(=O)CCCCCCCCCCCCCCCCC)CO[C@H]1O[C@@H](CO)[C@@H](O)C(O)C1O. The van der Waals surface area contributed by atoms with E-state index in [-0.39, 0.29) is 32.0 Å². The molecule has 10 nitrogen and oxygen atoms in total. The summed E-state index contributed by atoms with van der Waals surface area (Å²) >= 11 is 0. The third-order valence-electron chi connectivity index (χ3n) is 10.7. The van der Waals surface area contributed by atoms with Gasteiger partial charge >= 0.3 is 11.9 Å². The van der Waals surface area contributed by atoms with Crippen molar-refractivity contribution in [2.45, 2.75) is 243 Å². The normalized spacial score (nSPS) is 20.6. The summed E-state index contributed by atoms with van der Waals surface area (Å²) in [4.78, 5) is 25.3. The van der Waals surface area contributed by atoms with E-state index in [1.54, 1.807) is 0 Å². The fourth-order valence-corrected chi connectivity index (χ4v) is 7.01. The number of rotatable bonds is 38. The molecule has 324 valence electrons. The maximum atomic E-state index is 12.8. The molecular weight excluding hydrogens is 700 g/mol. The van der Waals surface area contributed by atoms with Gasteiger partial charge in [-0.1, -0.05) is 167 Å². The first-order valence-corrected chi connectivity index (χ1v) is 22.8.